The molecule has 0 heterocycles. The number of hydrogen-bond acceptors (Lipinski definition) is 10. The lowest BCUT2D eigenvalue weighted by atomic mass is 10.0. The van der Waals surface area contributed by atoms with Gasteiger partial charge in [0.05, 0.1) is 19.8 Å². The molecule has 0 radical (unpaired) electrons. The van der Waals surface area contributed by atoms with Gasteiger partial charge in [0.1, 0.15) is 12.7 Å². The maximum atomic E-state index is 13.0. The second-order valence-corrected chi connectivity index (χ2v) is 23.4. The van der Waals surface area contributed by atoms with Gasteiger partial charge in [-0.1, -0.05) is 267 Å². The van der Waals surface area contributed by atoms with Gasteiger partial charge in [-0.2, -0.15) is 0 Å². The average molecular weight is 1150 g/mol. The number of aliphatic hydroxyl groups is 1. The first-order valence-electron chi connectivity index (χ1n) is 32.8. The summed E-state index contributed by atoms with van der Waals surface area (Å²) in [5.41, 5.74) is 0. The van der Waals surface area contributed by atoms with Crippen molar-refractivity contribution in [2.24, 2.45) is 0 Å². The summed E-state index contributed by atoms with van der Waals surface area (Å²) in [5, 5.41) is 9.86. The first kappa shape index (κ1) is 76.9. The van der Waals surface area contributed by atoms with E-state index >= 15 is 0 Å². The second-order valence-electron chi connectivity index (χ2n) is 21.9. The average Bonchev–Trinajstić information content (AvgIpc) is 3.45. The molecule has 0 aliphatic rings. The third kappa shape index (κ3) is 59.5. The highest BCUT2D eigenvalue weighted by Gasteiger charge is 2.28. The summed E-state index contributed by atoms with van der Waals surface area (Å²) in [5.74, 6) is -1.47. The van der Waals surface area contributed by atoms with E-state index in [1.807, 2.05) is 0 Å². The molecular weight excluding hydrogens is 1020 g/mol. The highest BCUT2D eigenvalue weighted by molar-refractivity contribution is 7.47. The third-order valence-corrected chi connectivity index (χ3v) is 15.1. The fourth-order valence-corrected chi connectivity index (χ4v) is 9.93. The number of carbonyl (C=O) groups excluding carboxylic acids is 3. The largest absolute Gasteiger partial charge is 0.472 e. The van der Waals surface area contributed by atoms with Crippen LogP contribution in [0.15, 0.2) is 72.9 Å². The van der Waals surface area contributed by atoms with Gasteiger partial charge in [0.25, 0.3) is 0 Å². The van der Waals surface area contributed by atoms with Crippen molar-refractivity contribution >= 4 is 25.7 Å². The Morgan fingerprint density at radius 2 is 0.650 bits per heavy atom. The number of ether oxygens (including phenoxy) is 3. The summed E-state index contributed by atoms with van der Waals surface area (Å²) in [7, 11) is -4.76. The summed E-state index contributed by atoms with van der Waals surface area (Å²) in [6.07, 6.45) is 71.3. The minimum absolute atomic E-state index is 0.155. The van der Waals surface area contributed by atoms with Gasteiger partial charge < -0.3 is 24.2 Å². The molecule has 0 fully saturated rings. The van der Waals surface area contributed by atoms with Crippen LogP contribution in [0.25, 0.3) is 0 Å². The number of aliphatic hydroxyl groups excluding tert-OH is 1. The fraction of sp³-hybridized carbons (Fsp3) is 0.779. The predicted octanol–water partition coefficient (Wildman–Crippen LogP) is 20.0. The van der Waals surface area contributed by atoms with Crippen LogP contribution < -0.4 is 0 Å². The van der Waals surface area contributed by atoms with Crippen LogP contribution in [-0.2, 0) is 42.2 Å². The van der Waals surface area contributed by atoms with Gasteiger partial charge in [-0.05, 0) is 89.9 Å². The number of esters is 3. The van der Waals surface area contributed by atoms with E-state index in [2.05, 4.69) is 93.7 Å². The molecule has 0 aromatic rings. The quantitative estimate of drug-likeness (QED) is 0.0197. The molecule has 0 spiro atoms. The van der Waals surface area contributed by atoms with E-state index in [1.165, 1.54) is 122 Å². The monoisotopic (exact) mass is 1140 g/mol. The highest BCUT2D eigenvalue weighted by Crippen LogP contribution is 2.43. The second kappa shape index (κ2) is 62.0. The zero-order valence-electron chi connectivity index (χ0n) is 51.5. The lowest BCUT2D eigenvalue weighted by Gasteiger charge is -2.21. The lowest BCUT2D eigenvalue weighted by Crippen LogP contribution is -2.30. The number of unbranched alkanes of at least 4 members (excludes halogenated alkanes) is 32. The molecule has 0 saturated carbocycles. The van der Waals surface area contributed by atoms with Crippen LogP contribution in [0.4, 0.5) is 0 Å². The Hall–Kier alpha value is -3.08. The van der Waals surface area contributed by atoms with E-state index in [4.69, 9.17) is 23.3 Å². The Morgan fingerprint density at radius 3 is 1.02 bits per heavy atom. The molecule has 80 heavy (non-hydrogen) atoms. The number of rotatable bonds is 61. The summed E-state index contributed by atoms with van der Waals surface area (Å²) >= 11 is 0. The van der Waals surface area contributed by atoms with Crippen molar-refractivity contribution in [3.05, 3.63) is 72.9 Å². The molecule has 0 amide bonds. The molecule has 0 saturated heterocycles. The Labute approximate surface area is 490 Å². The van der Waals surface area contributed by atoms with E-state index < -0.39 is 57.8 Å². The third-order valence-electron chi connectivity index (χ3n) is 14.1. The number of carbonyl (C=O) groups is 3. The van der Waals surface area contributed by atoms with Crippen molar-refractivity contribution in [1.82, 2.24) is 0 Å². The standard InChI is InChI=1S/C68H121O11P/c1-4-7-10-13-16-19-22-25-28-31-32-35-36-39-42-45-48-51-54-57-66(70)75-61-65(79-68(72)59-56-53-50-47-44-41-38-34-30-27-24-21-18-15-12-9-6-3)63-77-80(73,74)76-62-64(60-69)78-67(71)58-55-52-49-46-43-40-37-33-29-26-23-20-17-14-11-8-5-2/h7,10,16,18-19,21,25,27-28,30,32,35,64-65,69H,4-6,8-9,11-15,17,20,22-24,26,29,31,33-34,36-63H2,1-3H3,(H,73,74)/b10-7-,19-16-,21-18-,28-25-,30-27-,35-32-. The van der Waals surface area contributed by atoms with E-state index in [-0.39, 0.29) is 25.9 Å². The number of phosphoric acid groups is 1. The van der Waals surface area contributed by atoms with Crippen LogP contribution in [0, 0.1) is 0 Å². The molecule has 12 heteroatoms. The molecular formula is C68H121O11P. The zero-order valence-corrected chi connectivity index (χ0v) is 52.4. The fourth-order valence-electron chi connectivity index (χ4n) is 9.14. The number of allylic oxidation sites excluding steroid dienone is 12. The first-order valence-corrected chi connectivity index (χ1v) is 34.3. The van der Waals surface area contributed by atoms with Gasteiger partial charge in [0.2, 0.25) is 0 Å². The summed E-state index contributed by atoms with van der Waals surface area (Å²) in [6, 6.07) is 0. The van der Waals surface area contributed by atoms with Crippen LogP contribution in [0.5, 0.6) is 0 Å². The normalized spacial score (nSPS) is 13.7. The SMILES string of the molecule is CC/C=C\C/C=C\C/C=C\C/C=C\CCCCCCCCC(=O)OCC(COP(=O)(O)OCC(CO)OC(=O)CCCCCCCCCCCCCCCCCCC)OC(=O)CCCCCCCCC/C=C\C/C=C\CCCCC. The Morgan fingerprint density at radius 1 is 0.362 bits per heavy atom. The Kier molecular flexibility index (Phi) is 59.6. The van der Waals surface area contributed by atoms with E-state index in [0.717, 1.165) is 122 Å². The van der Waals surface area contributed by atoms with Gasteiger partial charge in [-0.15, -0.1) is 0 Å². The minimum Gasteiger partial charge on any atom is -0.462 e. The summed E-state index contributed by atoms with van der Waals surface area (Å²) in [4.78, 5) is 48.8. The van der Waals surface area contributed by atoms with Crippen molar-refractivity contribution in [3.63, 3.8) is 0 Å². The first-order chi connectivity index (χ1) is 39.2. The molecule has 2 N–H and O–H groups in total. The minimum atomic E-state index is -4.76. The maximum Gasteiger partial charge on any atom is 0.472 e. The Bertz CT molecular complexity index is 1620. The smallest absolute Gasteiger partial charge is 0.462 e. The predicted molar refractivity (Wildman–Crippen MR) is 335 cm³/mol. The molecule has 0 aromatic heterocycles. The van der Waals surface area contributed by atoms with Crippen LogP contribution in [0.2, 0.25) is 0 Å². The van der Waals surface area contributed by atoms with Crippen molar-refractivity contribution in [3.8, 4) is 0 Å². The van der Waals surface area contributed by atoms with Gasteiger partial charge >= 0.3 is 25.7 Å². The summed E-state index contributed by atoms with van der Waals surface area (Å²) in [6.45, 7) is 4.54. The van der Waals surface area contributed by atoms with Crippen molar-refractivity contribution in [2.45, 2.75) is 315 Å². The number of hydrogen-bond donors (Lipinski definition) is 2. The van der Waals surface area contributed by atoms with Crippen LogP contribution in [0.1, 0.15) is 303 Å². The van der Waals surface area contributed by atoms with E-state index in [1.54, 1.807) is 0 Å². The van der Waals surface area contributed by atoms with Gasteiger partial charge in [-0.25, -0.2) is 4.57 Å². The van der Waals surface area contributed by atoms with Crippen molar-refractivity contribution in [2.75, 3.05) is 26.4 Å². The molecule has 0 aliphatic heterocycles. The van der Waals surface area contributed by atoms with Crippen molar-refractivity contribution in [1.29, 1.82) is 0 Å². The van der Waals surface area contributed by atoms with Crippen LogP contribution in [0.3, 0.4) is 0 Å². The molecule has 0 rings (SSSR count). The molecule has 3 unspecified atom stereocenters. The molecule has 0 aromatic carbocycles. The molecule has 464 valence electrons. The van der Waals surface area contributed by atoms with E-state index in [0.29, 0.717) is 19.3 Å². The van der Waals surface area contributed by atoms with Crippen molar-refractivity contribution < 1.29 is 52.2 Å². The number of phosphoric ester groups is 1. The van der Waals surface area contributed by atoms with Gasteiger partial charge in [-0.3, -0.25) is 23.4 Å². The zero-order chi connectivity index (χ0) is 58.3. The van der Waals surface area contributed by atoms with E-state index in [9.17, 15) is 28.9 Å². The van der Waals surface area contributed by atoms with Gasteiger partial charge in [0, 0.05) is 19.3 Å². The lowest BCUT2D eigenvalue weighted by molar-refractivity contribution is -0.161. The van der Waals surface area contributed by atoms with Crippen LogP contribution >= 0.6 is 7.82 Å². The summed E-state index contributed by atoms with van der Waals surface area (Å²) < 4.78 is 39.7. The topological polar surface area (TPSA) is 155 Å². The molecule has 0 aliphatic carbocycles. The molecule has 0 bridgehead atoms. The molecule has 11 nitrogen and oxygen atoms in total. The maximum absolute atomic E-state index is 13.0. The van der Waals surface area contributed by atoms with Gasteiger partial charge in [0.15, 0.2) is 6.10 Å². The van der Waals surface area contributed by atoms with Crippen LogP contribution in [-0.4, -0.2) is 66.5 Å². The Balaban J connectivity index is 4.70. The highest BCUT2D eigenvalue weighted by atomic mass is 31.2. The molecule has 3 atom stereocenters.